The number of piperazine rings is 1. The second kappa shape index (κ2) is 6.29. The van der Waals surface area contributed by atoms with Crippen molar-refractivity contribution < 1.29 is 4.79 Å². The van der Waals surface area contributed by atoms with Crippen LogP contribution in [0.25, 0.3) is 5.78 Å². The van der Waals surface area contributed by atoms with E-state index in [2.05, 4.69) is 20.2 Å². The van der Waals surface area contributed by atoms with Crippen LogP contribution < -0.4 is 5.32 Å². The summed E-state index contributed by atoms with van der Waals surface area (Å²) < 4.78 is 2.00. The van der Waals surface area contributed by atoms with E-state index >= 15 is 0 Å². The van der Waals surface area contributed by atoms with Crippen molar-refractivity contribution in [3.63, 3.8) is 0 Å². The molecule has 1 N–H and O–H groups in total. The summed E-state index contributed by atoms with van der Waals surface area (Å²) in [6, 6.07) is 11.7. The van der Waals surface area contributed by atoms with Gasteiger partial charge in [0.25, 0.3) is 0 Å². The number of nitrogens with zero attached hydrogens (tertiary/aromatic N) is 4. The third-order valence-corrected chi connectivity index (χ3v) is 4.60. The largest absolute Gasteiger partial charge is 0.353 e. The Balaban J connectivity index is 1.66. The fourth-order valence-electron chi connectivity index (χ4n) is 3.48. The lowest BCUT2D eigenvalue weighted by Gasteiger charge is -2.34. The molecular weight excluding hydrogens is 314 g/mol. The maximum absolute atomic E-state index is 12.5. The molecule has 4 rings (SSSR count). The Labute approximate surface area is 146 Å². The van der Waals surface area contributed by atoms with Gasteiger partial charge in [-0.25, -0.2) is 9.97 Å². The first-order valence-electron chi connectivity index (χ1n) is 8.51. The van der Waals surface area contributed by atoms with Crippen molar-refractivity contribution in [3.8, 4) is 0 Å². The van der Waals surface area contributed by atoms with Crippen molar-refractivity contribution in [2.24, 2.45) is 0 Å². The molecule has 0 radical (unpaired) electrons. The Morgan fingerprint density at radius 1 is 1.20 bits per heavy atom. The molecule has 0 bridgehead atoms. The Morgan fingerprint density at radius 3 is 2.80 bits per heavy atom. The minimum absolute atomic E-state index is 0.0476. The molecule has 3 heterocycles. The highest BCUT2D eigenvalue weighted by Gasteiger charge is 2.31. The predicted molar refractivity (Wildman–Crippen MR) is 95.1 cm³/mol. The van der Waals surface area contributed by atoms with E-state index in [-0.39, 0.29) is 11.9 Å². The van der Waals surface area contributed by atoms with Crippen LogP contribution in [0, 0.1) is 13.8 Å². The summed E-state index contributed by atoms with van der Waals surface area (Å²) >= 11 is 0. The molecule has 2 aromatic heterocycles. The third-order valence-electron chi connectivity index (χ3n) is 4.60. The Bertz CT molecular complexity index is 918. The summed E-state index contributed by atoms with van der Waals surface area (Å²) in [7, 11) is 0. The highest BCUT2D eigenvalue weighted by Crippen LogP contribution is 2.25. The first-order chi connectivity index (χ1) is 12.1. The molecule has 1 fully saturated rings. The number of aromatic nitrogens is 3. The van der Waals surface area contributed by atoms with Crippen molar-refractivity contribution in [2.45, 2.75) is 26.4 Å². The van der Waals surface area contributed by atoms with Gasteiger partial charge in [0.2, 0.25) is 11.7 Å². The fourth-order valence-corrected chi connectivity index (χ4v) is 3.48. The van der Waals surface area contributed by atoms with Gasteiger partial charge in [-0.05, 0) is 25.5 Å². The highest BCUT2D eigenvalue weighted by molar-refractivity contribution is 5.83. The van der Waals surface area contributed by atoms with Crippen LogP contribution in [0.15, 0.2) is 42.6 Å². The SMILES string of the molecule is Cc1cc(C)n2cc(CN3CCNC(=O)[C@@H]3c3ccccc3)nc2n1. The zero-order chi connectivity index (χ0) is 17.4. The van der Waals surface area contributed by atoms with Crippen LogP contribution in [0.3, 0.4) is 0 Å². The fraction of sp³-hybridized carbons (Fsp3) is 0.316. The van der Waals surface area contributed by atoms with Crippen molar-refractivity contribution in [1.82, 2.24) is 24.6 Å². The lowest BCUT2D eigenvalue weighted by Crippen LogP contribution is -2.49. The van der Waals surface area contributed by atoms with E-state index < -0.39 is 0 Å². The van der Waals surface area contributed by atoms with Gasteiger partial charge in [0.1, 0.15) is 6.04 Å². The lowest BCUT2D eigenvalue weighted by molar-refractivity contribution is -0.129. The van der Waals surface area contributed by atoms with Crippen LogP contribution >= 0.6 is 0 Å². The number of imidazole rings is 1. The first-order valence-corrected chi connectivity index (χ1v) is 8.51. The first kappa shape index (κ1) is 15.8. The average molecular weight is 335 g/mol. The summed E-state index contributed by atoms with van der Waals surface area (Å²) in [5, 5.41) is 2.97. The predicted octanol–water partition coefficient (Wildman–Crippen LogP) is 2.02. The van der Waals surface area contributed by atoms with Crippen molar-refractivity contribution in [3.05, 3.63) is 65.2 Å². The van der Waals surface area contributed by atoms with Crippen LogP contribution in [0.5, 0.6) is 0 Å². The molecule has 1 aliphatic rings. The molecule has 1 aliphatic heterocycles. The van der Waals surface area contributed by atoms with E-state index in [4.69, 9.17) is 0 Å². The molecule has 1 atom stereocenters. The molecule has 0 spiro atoms. The number of hydrogen-bond acceptors (Lipinski definition) is 4. The summed E-state index contributed by atoms with van der Waals surface area (Å²) in [6.07, 6.45) is 2.02. The number of aryl methyl sites for hydroxylation is 2. The number of carbonyl (C=O) groups excluding carboxylic acids is 1. The number of fused-ring (bicyclic) bond motifs is 1. The summed E-state index contributed by atoms with van der Waals surface area (Å²) in [6.45, 7) is 6.10. The second-order valence-corrected chi connectivity index (χ2v) is 6.52. The minimum Gasteiger partial charge on any atom is -0.353 e. The molecular formula is C19H21N5O. The Hall–Kier alpha value is -2.73. The lowest BCUT2D eigenvalue weighted by atomic mass is 10.0. The number of carbonyl (C=O) groups is 1. The molecule has 6 nitrogen and oxygen atoms in total. The third kappa shape index (κ3) is 3.00. The van der Waals surface area contributed by atoms with Crippen molar-refractivity contribution >= 4 is 11.7 Å². The maximum Gasteiger partial charge on any atom is 0.242 e. The highest BCUT2D eigenvalue weighted by atomic mass is 16.2. The van der Waals surface area contributed by atoms with Gasteiger partial charge in [0.15, 0.2) is 0 Å². The van der Waals surface area contributed by atoms with E-state index in [1.165, 1.54) is 0 Å². The van der Waals surface area contributed by atoms with Gasteiger partial charge in [0.05, 0.1) is 5.69 Å². The van der Waals surface area contributed by atoms with Gasteiger partial charge in [-0.2, -0.15) is 0 Å². The van der Waals surface area contributed by atoms with Gasteiger partial charge >= 0.3 is 0 Å². The number of hydrogen-bond donors (Lipinski definition) is 1. The zero-order valence-electron chi connectivity index (χ0n) is 14.4. The average Bonchev–Trinajstić information content (AvgIpc) is 2.98. The van der Waals surface area contributed by atoms with E-state index in [1.54, 1.807) is 0 Å². The molecule has 1 aromatic carbocycles. The summed E-state index contributed by atoms with van der Waals surface area (Å²) in [5.74, 6) is 0.761. The minimum atomic E-state index is -0.282. The topological polar surface area (TPSA) is 62.5 Å². The van der Waals surface area contributed by atoms with Crippen LogP contribution in [0.2, 0.25) is 0 Å². The Morgan fingerprint density at radius 2 is 2.00 bits per heavy atom. The molecule has 3 aromatic rings. The van der Waals surface area contributed by atoms with Crippen LogP contribution in [-0.4, -0.2) is 38.3 Å². The van der Waals surface area contributed by atoms with Crippen LogP contribution in [-0.2, 0) is 11.3 Å². The van der Waals surface area contributed by atoms with E-state index in [1.807, 2.05) is 60.8 Å². The molecule has 128 valence electrons. The zero-order valence-corrected chi connectivity index (χ0v) is 14.4. The number of benzene rings is 1. The Kier molecular flexibility index (Phi) is 3.97. The van der Waals surface area contributed by atoms with Gasteiger partial charge < -0.3 is 5.32 Å². The molecule has 0 saturated carbocycles. The van der Waals surface area contributed by atoms with E-state index in [9.17, 15) is 4.79 Å². The number of nitrogens with one attached hydrogen (secondary N) is 1. The summed E-state index contributed by atoms with van der Waals surface area (Å²) in [5.41, 5.74) is 4.00. The van der Waals surface area contributed by atoms with Crippen LogP contribution in [0.4, 0.5) is 0 Å². The molecule has 0 aliphatic carbocycles. The van der Waals surface area contributed by atoms with Gasteiger partial charge in [-0.15, -0.1) is 0 Å². The van der Waals surface area contributed by atoms with Crippen molar-refractivity contribution in [1.29, 1.82) is 0 Å². The van der Waals surface area contributed by atoms with Gasteiger partial charge in [0, 0.05) is 37.2 Å². The molecule has 1 saturated heterocycles. The second-order valence-electron chi connectivity index (χ2n) is 6.52. The van der Waals surface area contributed by atoms with Crippen LogP contribution in [0.1, 0.15) is 28.7 Å². The summed E-state index contributed by atoms with van der Waals surface area (Å²) in [4.78, 5) is 23.8. The standard InChI is InChI=1S/C19H21N5O/c1-13-10-14(2)24-12-16(22-19(24)21-13)11-23-9-8-20-18(25)17(23)15-6-4-3-5-7-15/h3-7,10,12,17H,8-9,11H2,1-2H3,(H,20,25)/t17-/m0/s1. The maximum atomic E-state index is 12.5. The molecule has 0 unspecified atom stereocenters. The number of rotatable bonds is 3. The van der Waals surface area contributed by atoms with Gasteiger partial charge in [-0.3, -0.25) is 14.1 Å². The normalized spacial score (nSPS) is 18.5. The smallest absolute Gasteiger partial charge is 0.242 e. The van der Waals surface area contributed by atoms with E-state index in [0.717, 1.165) is 29.2 Å². The monoisotopic (exact) mass is 335 g/mol. The molecule has 25 heavy (non-hydrogen) atoms. The number of amides is 1. The van der Waals surface area contributed by atoms with Gasteiger partial charge in [-0.1, -0.05) is 30.3 Å². The van der Waals surface area contributed by atoms with E-state index in [0.29, 0.717) is 18.9 Å². The quantitative estimate of drug-likeness (QED) is 0.795. The molecule has 6 heteroatoms. The van der Waals surface area contributed by atoms with Crippen molar-refractivity contribution in [2.75, 3.05) is 13.1 Å². The molecule has 1 amide bonds.